The maximum atomic E-state index is 12.6. The summed E-state index contributed by atoms with van der Waals surface area (Å²) >= 11 is 0. The molecular weight excluding hydrogens is 474 g/mol. The Labute approximate surface area is 211 Å². The molecule has 0 aromatic rings. The standard InChI is InChI=1S/C21H43N9O6/c22-7-1-4-14(25)10-26-11-17(31)29-15(5-2-8-23)20(35)27-12-18(32)30-16(6-3-9-24)21(36)28-13-19(33)34/h14-16,26H,1-13,22-25H2,(H,27,35)(H,28,36)(H,29,31)(H,30,32)(H,33,34). The Morgan fingerprint density at radius 2 is 1.11 bits per heavy atom. The molecule has 36 heavy (non-hydrogen) atoms. The van der Waals surface area contributed by atoms with Crippen molar-refractivity contribution in [1.29, 1.82) is 0 Å². The molecule has 0 bridgehead atoms. The highest BCUT2D eigenvalue weighted by molar-refractivity contribution is 5.93. The van der Waals surface area contributed by atoms with Crippen LogP contribution in [0.1, 0.15) is 38.5 Å². The van der Waals surface area contributed by atoms with Gasteiger partial charge in [-0.3, -0.25) is 24.0 Å². The van der Waals surface area contributed by atoms with Gasteiger partial charge < -0.3 is 54.6 Å². The van der Waals surface area contributed by atoms with Crippen molar-refractivity contribution in [2.45, 2.75) is 56.7 Å². The average Bonchev–Trinajstić information content (AvgIpc) is 2.84. The largest absolute Gasteiger partial charge is 0.480 e. The molecule has 0 radical (unpaired) electrons. The summed E-state index contributed by atoms with van der Waals surface area (Å²) in [5.41, 5.74) is 22.3. The Bertz CT molecular complexity index is 695. The van der Waals surface area contributed by atoms with Crippen LogP contribution in [0.2, 0.25) is 0 Å². The number of amides is 4. The van der Waals surface area contributed by atoms with Crippen LogP contribution in [0, 0.1) is 0 Å². The zero-order valence-corrected chi connectivity index (χ0v) is 20.7. The van der Waals surface area contributed by atoms with Crippen LogP contribution in [0.25, 0.3) is 0 Å². The van der Waals surface area contributed by atoms with E-state index in [4.69, 9.17) is 28.0 Å². The smallest absolute Gasteiger partial charge is 0.322 e. The molecule has 0 aromatic heterocycles. The molecule has 4 amide bonds. The van der Waals surface area contributed by atoms with Crippen molar-refractivity contribution in [3.8, 4) is 0 Å². The van der Waals surface area contributed by atoms with Crippen LogP contribution in [0.15, 0.2) is 0 Å². The third kappa shape index (κ3) is 16.7. The maximum absolute atomic E-state index is 12.6. The molecule has 0 saturated carbocycles. The van der Waals surface area contributed by atoms with E-state index in [1.54, 1.807) is 0 Å². The second-order valence-electron chi connectivity index (χ2n) is 8.25. The predicted octanol–water partition coefficient (Wildman–Crippen LogP) is -4.59. The Balaban J connectivity index is 4.75. The SMILES string of the molecule is NCCCC(N)CNCC(=O)NC(CCCN)C(=O)NCC(=O)NC(CCCN)C(=O)NCC(=O)O. The highest BCUT2D eigenvalue weighted by Gasteiger charge is 2.23. The Hall–Kier alpha value is -2.85. The van der Waals surface area contributed by atoms with E-state index in [0.29, 0.717) is 32.5 Å². The molecule has 0 fully saturated rings. The van der Waals surface area contributed by atoms with Gasteiger partial charge in [-0.2, -0.15) is 0 Å². The van der Waals surface area contributed by atoms with Gasteiger partial charge in [-0.25, -0.2) is 0 Å². The first kappa shape index (κ1) is 33.1. The van der Waals surface area contributed by atoms with E-state index in [2.05, 4.69) is 26.6 Å². The van der Waals surface area contributed by atoms with Gasteiger partial charge in [0.2, 0.25) is 23.6 Å². The van der Waals surface area contributed by atoms with Gasteiger partial charge in [-0.05, 0) is 58.2 Å². The van der Waals surface area contributed by atoms with Crippen molar-refractivity contribution in [3.63, 3.8) is 0 Å². The summed E-state index contributed by atoms with van der Waals surface area (Å²) in [5.74, 6) is -3.56. The number of carboxylic acid groups (broad SMARTS) is 1. The van der Waals surface area contributed by atoms with Crippen LogP contribution in [-0.4, -0.2) is 98.6 Å². The molecule has 0 heterocycles. The summed E-state index contributed by atoms with van der Waals surface area (Å²) in [6.45, 7) is 0.441. The minimum atomic E-state index is -1.23. The lowest BCUT2D eigenvalue weighted by Crippen LogP contribution is -2.53. The molecular formula is C21H43N9O6. The second-order valence-corrected chi connectivity index (χ2v) is 8.25. The van der Waals surface area contributed by atoms with Gasteiger partial charge in [0.15, 0.2) is 0 Å². The molecule has 0 aromatic carbocycles. The summed E-state index contributed by atoms with van der Waals surface area (Å²) < 4.78 is 0. The number of nitrogens with one attached hydrogen (secondary N) is 5. The number of hydrogen-bond donors (Lipinski definition) is 10. The molecule has 0 rings (SSSR count). The van der Waals surface area contributed by atoms with Gasteiger partial charge >= 0.3 is 5.97 Å². The lowest BCUT2D eigenvalue weighted by atomic mass is 10.1. The van der Waals surface area contributed by atoms with Crippen LogP contribution in [-0.2, 0) is 24.0 Å². The number of carbonyl (C=O) groups excluding carboxylic acids is 4. The monoisotopic (exact) mass is 517 g/mol. The number of carbonyl (C=O) groups is 5. The maximum Gasteiger partial charge on any atom is 0.322 e. The fourth-order valence-corrected chi connectivity index (χ4v) is 3.10. The molecule has 0 aliphatic rings. The topological polar surface area (TPSA) is 270 Å². The van der Waals surface area contributed by atoms with E-state index in [9.17, 15) is 24.0 Å². The fraction of sp³-hybridized carbons (Fsp3) is 0.762. The van der Waals surface area contributed by atoms with Gasteiger partial charge in [0.25, 0.3) is 0 Å². The lowest BCUT2D eigenvalue weighted by molar-refractivity contribution is -0.138. The summed E-state index contributed by atoms with van der Waals surface area (Å²) in [7, 11) is 0. The van der Waals surface area contributed by atoms with Crippen LogP contribution < -0.4 is 49.5 Å². The molecule has 3 unspecified atom stereocenters. The van der Waals surface area contributed by atoms with Gasteiger partial charge in [-0.15, -0.1) is 0 Å². The zero-order chi connectivity index (χ0) is 27.3. The van der Waals surface area contributed by atoms with Gasteiger partial charge in [0, 0.05) is 12.6 Å². The number of aliphatic carboxylic acids is 1. The minimum absolute atomic E-state index is 0.0442. The molecule has 0 spiro atoms. The van der Waals surface area contributed by atoms with Crippen molar-refractivity contribution in [1.82, 2.24) is 26.6 Å². The Morgan fingerprint density at radius 3 is 1.58 bits per heavy atom. The van der Waals surface area contributed by atoms with Crippen molar-refractivity contribution in [3.05, 3.63) is 0 Å². The number of hydrogen-bond acceptors (Lipinski definition) is 10. The van der Waals surface area contributed by atoms with Crippen LogP contribution in [0.3, 0.4) is 0 Å². The van der Waals surface area contributed by atoms with E-state index in [1.807, 2.05) is 0 Å². The van der Waals surface area contributed by atoms with Crippen molar-refractivity contribution >= 4 is 29.6 Å². The Morgan fingerprint density at radius 1 is 0.667 bits per heavy atom. The van der Waals surface area contributed by atoms with Crippen LogP contribution in [0.5, 0.6) is 0 Å². The van der Waals surface area contributed by atoms with E-state index < -0.39 is 54.8 Å². The van der Waals surface area contributed by atoms with E-state index in [-0.39, 0.29) is 32.0 Å². The normalized spacial score (nSPS) is 13.2. The van der Waals surface area contributed by atoms with Gasteiger partial charge in [0.1, 0.15) is 18.6 Å². The van der Waals surface area contributed by atoms with Crippen molar-refractivity contribution < 1.29 is 29.1 Å². The highest BCUT2D eigenvalue weighted by Crippen LogP contribution is 1.99. The average molecular weight is 518 g/mol. The summed E-state index contributed by atoms with van der Waals surface area (Å²) in [6, 6.07) is -2.06. The van der Waals surface area contributed by atoms with E-state index in [1.165, 1.54) is 0 Å². The first-order valence-corrected chi connectivity index (χ1v) is 12.1. The quantitative estimate of drug-likeness (QED) is 0.0691. The first-order valence-electron chi connectivity index (χ1n) is 12.1. The van der Waals surface area contributed by atoms with Crippen molar-refractivity contribution in [2.75, 3.05) is 45.8 Å². The van der Waals surface area contributed by atoms with Gasteiger partial charge in [0.05, 0.1) is 13.1 Å². The lowest BCUT2D eigenvalue weighted by Gasteiger charge is -2.20. The molecule has 0 aliphatic heterocycles. The molecule has 14 N–H and O–H groups in total. The highest BCUT2D eigenvalue weighted by atomic mass is 16.4. The summed E-state index contributed by atoms with van der Waals surface area (Å²) in [6.07, 6.45) is 2.85. The van der Waals surface area contributed by atoms with Gasteiger partial charge in [-0.1, -0.05) is 0 Å². The fourth-order valence-electron chi connectivity index (χ4n) is 3.10. The van der Waals surface area contributed by atoms with Crippen LogP contribution in [0.4, 0.5) is 0 Å². The third-order valence-electron chi connectivity index (χ3n) is 5.01. The van der Waals surface area contributed by atoms with Crippen LogP contribution >= 0.6 is 0 Å². The summed E-state index contributed by atoms with van der Waals surface area (Å²) in [5, 5.41) is 21.3. The summed E-state index contributed by atoms with van der Waals surface area (Å²) in [4.78, 5) is 60.0. The molecule has 15 nitrogen and oxygen atoms in total. The molecule has 0 aliphatic carbocycles. The molecule has 0 saturated heterocycles. The molecule has 208 valence electrons. The van der Waals surface area contributed by atoms with E-state index in [0.717, 1.165) is 12.8 Å². The number of nitrogens with two attached hydrogens (primary N) is 4. The number of carboxylic acids is 1. The molecule has 15 heteroatoms. The second kappa shape index (κ2) is 20.4. The predicted molar refractivity (Wildman–Crippen MR) is 133 cm³/mol. The van der Waals surface area contributed by atoms with Crippen molar-refractivity contribution in [2.24, 2.45) is 22.9 Å². The minimum Gasteiger partial charge on any atom is -0.480 e. The molecule has 3 atom stereocenters. The zero-order valence-electron chi connectivity index (χ0n) is 20.7. The Kier molecular flexibility index (Phi) is 18.7. The van der Waals surface area contributed by atoms with E-state index >= 15 is 0 Å². The number of rotatable bonds is 21. The first-order chi connectivity index (χ1) is 17.1. The third-order valence-corrected chi connectivity index (χ3v) is 5.01.